The van der Waals surface area contributed by atoms with E-state index in [0.717, 1.165) is 34.6 Å². The molecule has 1 heterocycles. The third kappa shape index (κ3) is 4.59. The minimum atomic E-state index is -0.794. The van der Waals surface area contributed by atoms with Gasteiger partial charge in [0.2, 0.25) is 0 Å². The third-order valence-corrected chi connectivity index (χ3v) is 6.76. The highest BCUT2D eigenvalue weighted by molar-refractivity contribution is 6.30. The number of non-ortho nitro benzene ring substituents is 1. The van der Waals surface area contributed by atoms with Crippen LogP contribution in [0, 0.1) is 38.0 Å². The standard InChI is InChI=1S/C23H21ClN4O7/c1-13-2-9-18-19(10-13)23(31)26(22(18)30)25(12-15-3-6-16(24)11-20(15)28(34)35)21(29)14-4-7-17(8-5-14)27(32)33/h3-8,11,13,18-19H,2,9-10,12H2,1H3/t13-,18+,19+/m1/s1. The number of benzene rings is 2. The maximum absolute atomic E-state index is 13.5. The highest BCUT2D eigenvalue weighted by Crippen LogP contribution is 2.41. The van der Waals surface area contributed by atoms with Crippen molar-refractivity contribution in [3.8, 4) is 0 Å². The molecule has 2 aromatic carbocycles. The summed E-state index contributed by atoms with van der Waals surface area (Å²) in [5.41, 5.74) is -0.562. The van der Waals surface area contributed by atoms with Crippen LogP contribution in [0.15, 0.2) is 42.5 Å². The van der Waals surface area contributed by atoms with Gasteiger partial charge in [0.25, 0.3) is 29.1 Å². The van der Waals surface area contributed by atoms with E-state index in [2.05, 4.69) is 0 Å². The van der Waals surface area contributed by atoms with Crippen molar-refractivity contribution in [2.24, 2.45) is 17.8 Å². The first-order chi connectivity index (χ1) is 16.6. The van der Waals surface area contributed by atoms with Crippen LogP contribution in [0.5, 0.6) is 0 Å². The largest absolute Gasteiger partial charge is 0.275 e. The monoisotopic (exact) mass is 500 g/mol. The summed E-state index contributed by atoms with van der Waals surface area (Å²) >= 11 is 5.91. The maximum atomic E-state index is 13.5. The summed E-state index contributed by atoms with van der Waals surface area (Å²) in [7, 11) is 0. The van der Waals surface area contributed by atoms with Gasteiger partial charge in [0.15, 0.2) is 0 Å². The van der Waals surface area contributed by atoms with E-state index < -0.39 is 45.9 Å². The molecule has 1 aliphatic heterocycles. The summed E-state index contributed by atoms with van der Waals surface area (Å²) in [6, 6.07) is 8.58. The van der Waals surface area contributed by atoms with E-state index in [4.69, 9.17) is 11.6 Å². The van der Waals surface area contributed by atoms with Gasteiger partial charge in [-0.25, -0.2) is 5.01 Å². The topological polar surface area (TPSA) is 144 Å². The first-order valence-electron chi connectivity index (χ1n) is 10.9. The fourth-order valence-electron chi connectivity index (χ4n) is 4.72. The lowest BCUT2D eigenvalue weighted by Crippen LogP contribution is -2.49. The molecular formula is C23H21ClN4O7. The average molecular weight is 501 g/mol. The number of nitro benzene ring substituents is 2. The molecule has 0 spiro atoms. The number of imide groups is 1. The van der Waals surface area contributed by atoms with E-state index in [1.54, 1.807) is 0 Å². The molecule has 0 N–H and O–H groups in total. The Balaban J connectivity index is 1.76. The van der Waals surface area contributed by atoms with Gasteiger partial charge in [-0.2, -0.15) is 5.01 Å². The Morgan fingerprint density at radius 1 is 1.03 bits per heavy atom. The second kappa shape index (κ2) is 9.41. The zero-order valence-corrected chi connectivity index (χ0v) is 19.4. The molecule has 4 rings (SSSR count). The number of nitro groups is 2. The zero-order valence-electron chi connectivity index (χ0n) is 18.6. The number of halogens is 1. The Morgan fingerprint density at radius 3 is 2.31 bits per heavy atom. The predicted molar refractivity (Wildman–Crippen MR) is 123 cm³/mol. The highest BCUT2D eigenvalue weighted by Gasteiger charge is 2.52. The van der Waals surface area contributed by atoms with Crippen LogP contribution in [0.25, 0.3) is 0 Å². The van der Waals surface area contributed by atoms with E-state index in [-0.39, 0.29) is 33.4 Å². The Morgan fingerprint density at radius 2 is 1.69 bits per heavy atom. The number of hydrogen-bond acceptors (Lipinski definition) is 7. The summed E-state index contributed by atoms with van der Waals surface area (Å²) in [6.45, 7) is 1.54. The van der Waals surface area contributed by atoms with E-state index in [9.17, 15) is 34.6 Å². The highest BCUT2D eigenvalue weighted by atomic mass is 35.5. The molecule has 11 nitrogen and oxygen atoms in total. The molecule has 1 saturated carbocycles. The maximum Gasteiger partial charge on any atom is 0.275 e. The Labute approximate surface area is 204 Å². The van der Waals surface area contributed by atoms with Crippen molar-refractivity contribution in [2.45, 2.75) is 32.7 Å². The molecule has 3 amide bonds. The van der Waals surface area contributed by atoms with Crippen LogP contribution in [-0.2, 0) is 16.1 Å². The molecule has 35 heavy (non-hydrogen) atoms. The van der Waals surface area contributed by atoms with Gasteiger partial charge in [-0.15, -0.1) is 0 Å². The molecule has 0 bridgehead atoms. The molecule has 1 saturated heterocycles. The first kappa shape index (κ1) is 24.3. The van der Waals surface area contributed by atoms with Gasteiger partial charge in [-0.05, 0) is 49.4 Å². The van der Waals surface area contributed by atoms with Crippen molar-refractivity contribution in [1.82, 2.24) is 10.0 Å². The number of nitrogens with zero attached hydrogens (tertiary/aromatic N) is 4. The fourth-order valence-corrected chi connectivity index (χ4v) is 4.89. The molecule has 1 aliphatic carbocycles. The SMILES string of the molecule is C[C@@H]1CC[C@@H]2C(=O)N(N(Cc3ccc(Cl)cc3[N+](=O)[O-])C(=O)c3ccc([N+](=O)[O-])cc3)C(=O)[C@H]2C1. The third-order valence-electron chi connectivity index (χ3n) is 6.53. The summed E-state index contributed by atoms with van der Waals surface area (Å²) in [5, 5.41) is 24.4. The summed E-state index contributed by atoms with van der Waals surface area (Å²) in [5.74, 6) is -2.75. The number of rotatable bonds is 6. The molecule has 0 radical (unpaired) electrons. The lowest BCUT2D eigenvalue weighted by Gasteiger charge is -2.30. The molecule has 12 heteroatoms. The number of hydrazine groups is 1. The minimum absolute atomic E-state index is 0.0175. The Bertz CT molecular complexity index is 1230. The van der Waals surface area contributed by atoms with Crippen molar-refractivity contribution in [3.05, 3.63) is 78.8 Å². The van der Waals surface area contributed by atoms with Crippen LogP contribution in [0.1, 0.15) is 42.1 Å². The number of amides is 3. The molecule has 0 unspecified atom stereocenters. The van der Waals surface area contributed by atoms with E-state index in [1.807, 2.05) is 6.92 Å². The van der Waals surface area contributed by atoms with Gasteiger partial charge in [-0.1, -0.05) is 18.5 Å². The summed E-state index contributed by atoms with van der Waals surface area (Å²) in [6.07, 6.45) is 1.78. The van der Waals surface area contributed by atoms with E-state index >= 15 is 0 Å². The summed E-state index contributed by atoms with van der Waals surface area (Å²) < 4.78 is 0. The minimum Gasteiger partial charge on any atom is -0.272 e. The van der Waals surface area contributed by atoms with Gasteiger partial charge in [0.05, 0.1) is 33.8 Å². The van der Waals surface area contributed by atoms with Crippen LogP contribution in [0.4, 0.5) is 11.4 Å². The number of carbonyl (C=O) groups excluding carboxylic acids is 3. The van der Waals surface area contributed by atoms with Crippen molar-refractivity contribution in [2.75, 3.05) is 0 Å². The van der Waals surface area contributed by atoms with Gasteiger partial charge >= 0.3 is 0 Å². The Kier molecular flexibility index (Phi) is 6.53. The summed E-state index contributed by atoms with van der Waals surface area (Å²) in [4.78, 5) is 61.5. The molecule has 3 atom stereocenters. The van der Waals surface area contributed by atoms with Crippen molar-refractivity contribution in [1.29, 1.82) is 0 Å². The average Bonchev–Trinajstić information content (AvgIpc) is 3.07. The first-order valence-corrected chi connectivity index (χ1v) is 11.3. The molecule has 0 aromatic heterocycles. The lowest BCUT2D eigenvalue weighted by molar-refractivity contribution is -0.385. The van der Waals surface area contributed by atoms with Crippen molar-refractivity contribution in [3.63, 3.8) is 0 Å². The number of carbonyl (C=O) groups is 3. The number of fused-ring (bicyclic) bond motifs is 1. The normalized spacial score (nSPS) is 21.5. The smallest absolute Gasteiger partial charge is 0.272 e. The lowest BCUT2D eigenvalue weighted by atomic mass is 9.76. The zero-order chi connectivity index (χ0) is 25.4. The van der Waals surface area contributed by atoms with Gasteiger partial charge in [0.1, 0.15) is 0 Å². The molecule has 2 aromatic rings. The van der Waals surface area contributed by atoms with Crippen LogP contribution >= 0.6 is 11.6 Å². The van der Waals surface area contributed by atoms with E-state index in [0.29, 0.717) is 12.8 Å². The molecule has 2 fully saturated rings. The van der Waals surface area contributed by atoms with Gasteiger partial charge in [-0.3, -0.25) is 34.6 Å². The fraction of sp³-hybridized carbons (Fsp3) is 0.348. The van der Waals surface area contributed by atoms with Crippen molar-refractivity contribution >= 4 is 40.7 Å². The van der Waals surface area contributed by atoms with Crippen LogP contribution < -0.4 is 0 Å². The van der Waals surface area contributed by atoms with Crippen LogP contribution in [0.3, 0.4) is 0 Å². The van der Waals surface area contributed by atoms with Gasteiger partial charge in [0, 0.05) is 28.8 Å². The molecule has 182 valence electrons. The Hall–Kier alpha value is -3.86. The predicted octanol–water partition coefficient (Wildman–Crippen LogP) is 4.14. The van der Waals surface area contributed by atoms with Crippen molar-refractivity contribution < 1.29 is 24.2 Å². The second-order valence-corrected chi connectivity index (χ2v) is 9.25. The molecular weight excluding hydrogens is 480 g/mol. The van der Waals surface area contributed by atoms with Crippen LogP contribution in [-0.4, -0.2) is 37.6 Å². The van der Waals surface area contributed by atoms with Crippen LogP contribution in [0.2, 0.25) is 5.02 Å². The quantitative estimate of drug-likeness (QED) is 0.329. The number of hydrogen-bond donors (Lipinski definition) is 0. The molecule has 2 aliphatic rings. The van der Waals surface area contributed by atoms with E-state index in [1.165, 1.54) is 24.3 Å². The van der Waals surface area contributed by atoms with Gasteiger partial charge < -0.3 is 0 Å². The second-order valence-electron chi connectivity index (χ2n) is 8.82.